The molecule has 1 unspecified atom stereocenters. The van der Waals surface area contributed by atoms with Gasteiger partial charge in [-0.3, -0.25) is 4.90 Å². The van der Waals surface area contributed by atoms with Gasteiger partial charge in [0.1, 0.15) is 5.75 Å². The quantitative estimate of drug-likeness (QED) is 0.682. The Balaban J connectivity index is 1.70. The number of hydrogen-bond acceptors (Lipinski definition) is 6. The van der Waals surface area contributed by atoms with Crippen molar-refractivity contribution in [2.75, 3.05) is 52.2 Å². The number of piperazine rings is 1. The van der Waals surface area contributed by atoms with Crippen molar-refractivity contribution in [3.63, 3.8) is 0 Å². The van der Waals surface area contributed by atoms with E-state index in [9.17, 15) is 13.5 Å². The fraction of sp³-hybridized carbons (Fsp3) is 0.647. The lowest BCUT2D eigenvalue weighted by Crippen LogP contribution is -2.51. The number of aliphatic hydroxyl groups is 1. The first-order valence-corrected chi connectivity index (χ1v) is 10.1. The van der Waals surface area contributed by atoms with Crippen LogP contribution >= 0.6 is 0 Å². The van der Waals surface area contributed by atoms with Crippen LogP contribution in [0.5, 0.6) is 5.75 Å². The second-order valence-corrected chi connectivity index (χ2v) is 8.34. The van der Waals surface area contributed by atoms with Crippen LogP contribution < -0.4 is 4.74 Å². The van der Waals surface area contributed by atoms with Gasteiger partial charge in [-0.1, -0.05) is 18.2 Å². The third kappa shape index (κ3) is 5.93. The van der Waals surface area contributed by atoms with Crippen molar-refractivity contribution in [3.8, 4) is 5.75 Å². The Hall–Kier alpha value is -1.19. The normalized spacial score (nSPS) is 18.2. The highest BCUT2D eigenvalue weighted by Crippen LogP contribution is 2.18. The molecule has 2 rings (SSSR count). The van der Waals surface area contributed by atoms with Crippen molar-refractivity contribution in [2.45, 2.75) is 19.6 Å². The Bertz CT molecular complexity index is 630. The third-order valence-corrected chi connectivity index (χ3v) is 6.20. The number of methoxy groups -OCH3 is 1. The van der Waals surface area contributed by atoms with Gasteiger partial charge in [0, 0.05) is 38.3 Å². The summed E-state index contributed by atoms with van der Waals surface area (Å²) in [5, 5.41) is 10.1. The number of sulfonamides is 1. The molecule has 7 nitrogen and oxygen atoms in total. The molecule has 1 heterocycles. The summed E-state index contributed by atoms with van der Waals surface area (Å²) < 4.78 is 36.1. The molecule has 0 amide bonds. The molecule has 0 saturated carbocycles. The largest absolute Gasteiger partial charge is 0.496 e. The van der Waals surface area contributed by atoms with Gasteiger partial charge >= 0.3 is 0 Å². The Morgan fingerprint density at radius 3 is 2.52 bits per heavy atom. The van der Waals surface area contributed by atoms with E-state index in [2.05, 4.69) is 4.90 Å². The first kappa shape index (κ1) is 20.1. The molecule has 1 aliphatic rings. The van der Waals surface area contributed by atoms with Crippen LogP contribution in [-0.4, -0.2) is 81.0 Å². The van der Waals surface area contributed by atoms with Gasteiger partial charge < -0.3 is 14.6 Å². The minimum atomic E-state index is -3.12. The highest BCUT2D eigenvalue weighted by atomic mass is 32.2. The van der Waals surface area contributed by atoms with Gasteiger partial charge in [-0.2, -0.15) is 4.31 Å². The topological polar surface area (TPSA) is 79.3 Å². The highest BCUT2D eigenvalue weighted by Gasteiger charge is 2.26. The fourth-order valence-corrected chi connectivity index (χ4v) is 3.94. The molecule has 1 fully saturated rings. The van der Waals surface area contributed by atoms with E-state index < -0.39 is 16.1 Å². The van der Waals surface area contributed by atoms with Gasteiger partial charge in [0.05, 0.1) is 32.2 Å². The van der Waals surface area contributed by atoms with Crippen molar-refractivity contribution < 1.29 is 23.0 Å². The summed E-state index contributed by atoms with van der Waals surface area (Å²) in [7, 11) is -1.50. The molecule has 0 spiro atoms. The first-order chi connectivity index (χ1) is 12.0. The number of hydrogen-bond donors (Lipinski definition) is 1. The molecule has 1 aromatic carbocycles. The van der Waals surface area contributed by atoms with E-state index in [1.807, 2.05) is 24.3 Å². The SMILES string of the molecule is CCS(=O)(=O)N1CCN(CC(O)COCc2ccccc2OC)CC1. The van der Waals surface area contributed by atoms with Crippen LogP contribution in [-0.2, 0) is 21.4 Å². The maximum absolute atomic E-state index is 11.8. The van der Waals surface area contributed by atoms with Crippen LogP contribution in [0.2, 0.25) is 0 Å². The van der Waals surface area contributed by atoms with Gasteiger partial charge in [0.15, 0.2) is 0 Å². The summed E-state index contributed by atoms with van der Waals surface area (Å²) in [6.45, 7) is 4.95. The fourth-order valence-electron chi connectivity index (χ4n) is 2.85. The van der Waals surface area contributed by atoms with Gasteiger partial charge in [-0.25, -0.2) is 8.42 Å². The van der Waals surface area contributed by atoms with Crippen molar-refractivity contribution in [1.29, 1.82) is 0 Å². The molecule has 0 bridgehead atoms. The van der Waals surface area contributed by atoms with Gasteiger partial charge in [-0.15, -0.1) is 0 Å². The lowest BCUT2D eigenvalue weighted by molar-refractivity contribution is 0.00495. The van der Waals surface area contributed by atoms with E-state index in [4.69, 9.17) is 9.47 Å². The minimum absolute atomic E-state index is 0.131. The lowest BCUT2D eigenvalue weighted by atomic mass is 10.2. The predicted octanol–water partition coefficient (Wildman–Crippen LogP) is 0.540. The monoisotopic (exact) mass is 372 g/mol. The van der Waals surface area contributed by atoms with Crippen molar-refractivity contribution in [2.24, 2.45) is 0 Å². The molecular weight excluding hydrogens is 344 g/mol. The van der Waals surface area contributed by atoms with E-state index in [1.54, 1.807) is 14.0 Å². The summed E-state index contributed by atoms with van der Waals surface area (Å²) in [6, 6.07) is 7.62. The second kappa shape index (κ2) is 9.49. The van der Waals surface area contributed by atoms with E-state index in [0.29, 0.717) is 39.3 Å². The zero-order valence-corrected chi connectivity index (χ0v) is 15.7. The number of para-hydroxylation sites is 1. The molecule has 0 aromatic heterocycles. The number of nitrogens with zero attached hydrogens (tertiary/aromatic N) is 2. The molecule has 1 aromatic rings. The number of aliphatic hydroxyl groups excluding tert-OH is 1. The van der Waals surface area contributed by atoms with Gasteiger partial charge in [-0.05, 0) is 13.0 Å². The maximum Gasteiger partial charge on any atom is 0.213 e. The van der Waals surface area contributed by atoms with E-state index in [-0.39, 0.29) is 12.4 Å². The summed E-state index contributed by atoms with van der Waals surface area (Å²) in [5.41, 5.74) is 0.940. The number of rotatable bonds is 9. The minimum Gasteiger partial charge on any atom is -0.496 e. The molecule has 1 saturated heterocycles. The molecule has 1 N–H and O–H groups in total. The van der Waals surface area contributed by atoms with E-state index >= 15 is 0 Å². The lowest BCUT2D eigenvalue weighted by Gasteiger charge is -2.34. The molecule has 8 heteroatoms. The zero-order chi connectivity index (χ0) is 18.3. The van der Waals surface area contributed by atoms with Gasteiger partial charge in [0.25, 0.3) is 0 Å². The maximum atomic E-state index is 11.8. The average molecular weight is 372 g/mol. The summed E-state index contributed by atoms with van der Waals surface area (Å²) in [6.07, 6.45) is -0.607. The Labute approximate surface area is 150 Å². The van der Waals surface area contributed by atoms with Crippen LogP contribution in [0.4, 0.5) is 0 Å². The smallest absolute Gasteiger partial charge is 0.213 e. The van der Waals surface area contributed by atoms with E-state index in [1.165, 1.54) is 4.31 Å². The number of β-amino-alcohol motifs (C(OH)–C–C–N with tert-alkyl or cyclic N) is 1. The zero-order valence-electron chi connectivity index (χ0n) is 14.9. The molecule has 0 aliphatic carbocycles. The molecule has 0 radical (unpaired) electrons. The third-order valence-electron chi connectivity index (χ3n) is 4.32. The van der Waals surface area contributed by atoms with Crippen LogP contribution in [0.1, 0.15) is 12.5 Å². The van der Waals surface area contributed by atoms with Crippen molar-refractivity contribution in [1.82, 2.24) is 9.21 Å². The summed E-state index contributed by atoms with van der Waals surface area (Å²) in [5.74, 6) is 0.900. The predicted molar refractivity (Wildman–Crippen MR) is 96.1 cm³/mol. The molecule has 1 atom stereocenters. The van der Waals surface area contributed by atoms with Crippen LogP contribution in [0.15, 0.2) is 24.3 Å². The average Bonchev–Trinajstić information content (AvgIpc) is 2.62. The van der Waals surface area contributed by atoms with E-state index in [0.717, 1.165) is 11.3 Å². The second-order valence-electron chi connectivity index (χ2n) is 6.08. The molecule has 1 aliphatic heterocycles. The van der Waals surface area contributed by atoms with Crippen LogP contribution in [0, 0.1) is 0 Å². The standard InChI is InChI=1S/C17H28N2O5S/c1-3-25(21,22)19-10-8-18(9-11-19)12-16(20)14-24-13-15-6-4-5-7-17(15)23-2/h4-7,16,20H,3,8-14H2,1-2H3. The van der Waals surface area contributed by atoms with Crippen molar-refractivity contribution >= 4 is 10.0 Å². The number of benzene rings is 1. The molecule has 142 valence electrons. The summed E-state index contributed by atoms with van der Waals surface area (Å²) >= 11 is 0. The van der Waals surface area contributed by atoms with Crippen LogP contribution in [0.25, 0.3) is 0 Å². The Morgan fingerprint density at radius 2 is 1.88 bits per heavy atom. The van der Waals surface area contributed by atoms with Crippen molar-refractivity contribution in [3.05, 3.63) is 29.8 Å². The molecular formula is C17H28N2O5S. The molecule has 25 heavy (non-hydrogen) atoms. The first-order valence-electron chi connectivity index (χ1n) is 8.54. The van der Waals surface area contributed by atoms with Gasteiger partial charge in [0.2, 0.25) is 10.0 Å². The summed E-state index contributed by atoms with van der Waals surface area (Å²) in [4.78, 5) is 2.07. The van der Waals surface area contributed by atoms with Crippen LogP contribution in [0.3, 0.4) is 0 Å². The Kier molecular flexibility index (Phi) is 7.64. The Morgan fingerprint density at radius 1 is 1.20 bits per heavy atom. The number of ether oxygens (including phenoxy) is 2. The highest BCUT2D eigenvalue weighted by molar-refractivity contribution is 7.89.